The van der Waals surface area contributed by atoms with Crippen LogP contribution in [0, 0.1) is 0 Å². The number of aromatic nitrogens is 2. The Labute approximate surface area is 180 Å². The summed E-state index contributed by atoms with van der Waals surface area (Å²) in [4.78, 5) is 9.43. The Balaban J connectivity index is 1.75. The van der Waals surface area contributed by atoms with Crippen LogP contribution in [0.5, 0.6) is 17.2 Å². The van der Waals surface area contributed by atoms with Gasteiger partial charge in [-0.1, -0.05) is 17.8 Å². The molecule has 0 amide bonds. The minimum Gasteiger partial charge on any atom is -0.497 e. The Hall–Kier alpha value is -3.38. The summed E-state index contributed by atoms with van der Waals surface area (Å²) in [6, 6.07) is 23.8. The average molecular weight is 419 g/mol. The zero-order valence-electron chi connectivity index (χ0n) is 17.0. The molecule has 0 aliphatic rings. The third-order valence-electron chi connectivity index (χ3n) is 4.68. The number of H-pyrrole nitrogens is 1. The number of imidazole rings is 1. The zero-order valence-corrected chi connectivity index (χ0v) is 17.8. The van der Waals surface area contributed by atoms with E-state index in [9.17, 15) is 0 Å². The first-order valence-electron chi connectivity index (χ1n) is 9.41. The van der Waals surface area contributed by atoms with Gasteiger partial charge in [0.25, 0.3) is 0 Å². The molecular weight excluding hydrogens is 396 g/mol. The standard InChI is InChI=1S/C24H22N2O3S/c1-27-18-11-7-16(8-12-18)22-23(17-9-13-19(28-2)14-10-17)26-24(25-22)30-21-6-4-5-20(15-21)29-3/h4-15H,1-3H3,(H,25,26). The smallest absolute Gasteiger partial charge is 0.171 e. The molecule has 0 bridgehead atoms. The first-order valence-corrected chi connectivity index (χ1v) is 10.2. The minimum atomic E-state index is 0.805. The lowest BCUT2D eigenvalue weighted by atomic mass is 10.0. The lowest BCUT2D eigenvalue weighted by Gasteiger charge is -2.06. The summed E-state index contributed by atoms with van der Waals surface area (Å²) in [5, 5.41) is 0.805. The molecule has 1 aromatic heterocycles. The van der Waals surface area contributed by atoms with Gasteiger partial charge in [-0.05, 0) is 66.7 Å². The van der Waals surface area contributed by atoms with Crippen LogP contribution in [0.4, 0.5) is 0 Å². The van der Waals surface area contributed by atoms with Crippen LogP contribution in [0.3, 0.4) is 0 Å². The van der Waals surface area contributed by atoms with E-state index < -0.39 is 0 Å². The van der Waals surface area contributed by atoms with Crippen molar-refractivity contribution in [2.75, 3.05) is 21.3 Å². The monoisotopic (exact) mass is 418 g/mol. The Kier molecular flexibility index (Phi) is 5.95. The molecule has 0 unspecified atom stereocenters. The molecule has 1 N–H and O–H groups in total. The lowest BCUT2D eigenvalue weighted by Crippen LogP contribution is -1.87. The molecule has 0 radical (unpaired) electrons. The molecule has 4 aromatic rings. The van der Waals surface area contributed by atoms with Gasteiger partial charge in [-0.2, -0.15) is 0 Å². The van der Waals surface area contributed by atoms with Gasteiger partial charge >= 0.3 is 0 Å². The van der Waals surface area contributed by atoms with Gasteiger partial charge in [0.05, 0.1) is 32.7 Å². The van der Waals surface area contributed by atoms with Gasteiger partial charge in [-0.15, -0.1) is 0 Å². The largest absolute Gasteiger partial charge is 0.497 e. The summed E-state index contributed by atoms with van der Waals surface area (Å²) in [6.45, 7) is 0. The van der Waals surface area contributed by atoms with E-state index in [1.165, 1.54) is 0 Å². The van der Waals surface area contributed by atoms with E-state index in [4.69, 9.17) is 19.2 Å². The molecular formula is C24H22N2O3S. The van der Waals surface area contributed by atoms with Gasteiger partial charge in [-0.3, -0.25) is 0 Å². The number of nitrogens with one attached hydrogen (secondary N) is 1. The van der Waals surface area contributed by atoms with Crippen molar-refractivity contribution in [1.82, 2.24) is 9.97 Å². The zero-order chi connectivity index (χ0) is 20.9. The van der Waals surface area contributed by atoms with E-state index in [2.05, 4.69) is 4.98 Å². The minimum absolute atomic E-state index is 0.805. The highest BCUT2D eigenvalue weighted by Gasteiger charge is 2.15. The Morgan fingerprint density at radius 1 is 0.700 bits per heavy atom. The predicted molar refractivity (Wildman–Crippen MR) is 120 cm³/mol. The van der Waals surface area contributed by atoms with Crippen LogP contribution in [0.15, 0.2) is 82.8 Å². The van der Waals surface area contributed by atoms with Crippen molar-refractivity contribution in [3.05, 3.63) is 72.8 Å². The summed E-state index contributed by atoms with van der Waals surface area (Å²) in [6.07, 6.45) is 0. The number of benzene rings is 3. The number of ether oxygens (including phenoxy) is 3. The SMILES string of the molecule is COc1ccc(-c2nc(Sc3cccc(OC)c3)[nH]c2-c2ccc(OC)cc2)cc1. The van der Waals surface area contributed by atoms with Crippen LogP contribution in [0.1, 0.15) is 0 Å². The van der Waals surface area contributed by atoms with E-state index >= 15 is 0 Å². The third kappa shape index (κ3) is 4.28. The fourth-order valence-electron chi connectivity index (χ4n) is 3.10. The van der Waals surface area contributed by atoms with Crippen LogP contribution < -0.4 is 14.2 Å². The Bertz CT molecular complexity index is 1060. The number of hydrogen-bond acceptors (Lipinski definition) is 5. The van der Waals surface area contributed by atoms with Crippen molar-refractivity contribution < 1.29 is 14.2 Å². The van der Waals surface area contributed by atoms with Gasteiger partial charge in [0, 0.05) is 16.0 Å². The number of hydrogen-bond donors (Lipinski definition) is 1. The molecule has 0 atom stereocenters. The van der Waals surface area contributed by atoms with Gasteiger partial charge in [-0.25, -0.2) is 4.98 Å². The van der Waals surface area contributed by atoms with Gasteiger partial charge in [0.15, 0.2) is 5.16 Å². The summed E-state index contributed by atoms with van der Waals surface area (Å²) in [5.74, 6) is 2.44. The van der Waals surface area contributed by atoms with E-state index in [0.29, 0.717) is 0 Å². The number of aromatic amines is 1. The normalized spacial score (nSPS) is 10.6. The molecule has 152 valence electrons. The Morgan fingerprint density at radius 3 is 1.90 bits per heavy atom. The fourth-order valence-corrected chi connectivity index (χ4v) is 3.94. The van der Waals surface area contributed by atoms with Crippen LogP contribution in [-0.2, 0) is 0 Å². The maximum Gasteiger partial charge on any atom is 0.171 e. The molecule has 3 aromatic carbocycles. The molecule has 0 spiro atoms. The van der Waals surface area contributed by atoms with E-state index in [1.807, 2.05) is 72.8 Å². The number of nitrogens with zero attached hydrogens (tertiary/aromatic N) is 1. The third-order valence-corrected chi connectivity index (χ3v) is 5.56. The van der Waals surface area contributed by atoms with Crippen molar-refractivity contribution in [3.8, 4) is 39.8 Å². The van der Waals surface area contributed by atoms with Crippen molar-refractivity contribution in [2.24, 2.45) is 0 Å². The maximum atomic E-state index is 5.34. The molecule has 0 saturated heterocycles. The van der Waals surface area contributed by atoms with Crippen molar-refractivity contribution in [3.63, 3.8) is 0 Å². The molecule has 1 heterocycles. The lowest BCUT2D eigenvalue weighted by molar-refractivity contribution is 0.413. The van der Waals surface area contributed by atoms with Crippen LogP contribution in [0.25, 0.3) is 22.5 Å². The molecule has 0 fully saturated rings. The highest BCUT2D eigenvalue weighted by atomic mass is 32.2. The molecule has 4 rings (SSSR count). The summed E-state index contributed by atoms with van der Waals surface area (Å²) < 4.78 is 15.9. The topological polar surface area (TPSA) is 56.4 Å². The van der Waals surface area contributed by atoms with E-state index in [-0.39, 0.29) is 0 Å². The van der Waals surface area contributed by atoms with Crippen LogP contribution >= 0.6 is 11.8 Å². The molecule has 6 heteroatoms. The average Bonchev–Trinajstić information content (AvgIpc) is 3.23. The van der Waals surface area contributed by atoms with Gasteiger partial charge in [0.1, 0.15) is 17.2 Å². The fraction of sp³-hybridized carbons (Fsp3) is 0.125. The quantitative estimate of drug-likeness (QED) is 0.404. The van der Waals surface area contributed by atoms with Crippen LogP contribution in [0.2, 0.25) is 0 Å². The highest BCUT2D eigenvalue weighted by molar-refractivity contribution is 7.99. The van der Waals surface area contributed by atoms with Crippen molar-refractivity contribution in [1.29, 1.82) is 0 Å². The van der Waals surface area contributed by atoms with Gasteiger partial charge < -0.3 is 19.2 Å². The molecule has 30 heavy (non-hydrogen) atoms. The summed E-state index contributed by atoms with van der Waals surface area (Å²) >= 11 is 1.56. The van der Waals surface area contributed by atoms with Crippen molar-refractivity contribution >= 4 is 11.8 Å². The second-order valence-corrected chi connectivity index (χ2v) is 7.57. The predicted octanol–water partition coefficient (Wildman–Crippen LogP) is 5.92. The second kappa shape index (κ2) is 8.97. The summed E-state index contributed by atoms with van der Waals surface area (Å²) in [7, 11) is 4.99. The molecule has 0 aliphatic carbocycles. The first-order chi connectivity index (χ1) is 14.7. The summed E-state index contributed by atoms with van der Waals surface area (Å²) in [5.41, 5.74) is 3.88. The molecule has 0 aliphatic heterocycles. The highest BCUT2D eigenvalue weighted by Crippen LogP contribution is 2.36. The van der Waals surface area contributed by atoms with E-state index in [0.717, 1.165) is 49.8 Å². The maximum absolute atomic E-state index is 5.34. The number of rotatable bonds is 7. The second-order valence-electron chi connectivity index (χ2n) is 6.50. The molecule has 0 saturated carbocycles. The number of methoxy groups -OCH3 is 3. The first kappa shape index (κ1) is 19.9. The molecule has 5 nitrogen and oxygen atoms in total. The Morgan fingerprint density at radius 2 is 1.30 bits per heavy atom. The van der Waals surface area contributed by atoms with Crippen LogP contribution in [-0.4, -0.2) is 31.3 Å². The van der Waals surface area contributed by atoms with E-state index in [1.54, 1.807) is 33.1 Å². The van der Waals surface area contributed by atoms with Crippen molar-refractivity contribution in [2.45, 2.75) is 10.1 Å². The van der Waals surface area contributed by atoms with Gasteiger partial charge in [0.2, 0.25) is 0 Å².